The first-order valence-corrected chi connectivity index (χ1v) is 12.3. The summed E-state index contributed by atoms with van der Waals surface area (Å²) in [6, 6.07) is 16.6. The van der Waals surface area contributed by atoms with Gasteiger partial charge in [0.15, 0.2) is 11.6 Å². The number of aryl methyl sites for hydroxylation is 1. The van der Waals surface area contributed by atoms with Crippen LogP contribution in [-0.2, 0) is 19.3 Å². The fourth-order valence-electron chi connectivity index (χ4n) is 3.46. The Morgan fingerprint density at radius 3 is 1.51 bits per heavy atom. The summed E-state index contributed by atoms with van der Waals surface area (Å²) in [4.78, 5) is 0. The summed E-state index contributed by atoms with van der Waals surface area (Å²) in [5, 5.41) is 0. The Kier molecular flexibility index (Phi) is 13.4. The molecule has 0 atom stereocenters. The predicted molar refractivity (Wildman–Crippen MR) is 140 cm³/mol. The summed E-state index contributed by atoms with van der Waals surface area (Å²) >= 11 is 0. The van der Waals surface area contributed by atoms with Crippen molar-refractivity contribution in [2.75, 3.05) is 0 Å². The molecule has 0 saturated carbocycles. The highest BCUT2D eigenvalue weighted by Crippen LogP contribution is 2.14. The Morgan fingerprint density at radius 2 is 1.03 bits per heavy atom. The molecule has 3 aromatic rings. The molecule has 0 aromatic heterocycles. The van der Waals surface area contributed by atoms with Crippen LogP contribution in [-0.4, -0.2) is 0 Å². The maximum Gasteiger partial charge on any atom is 0.159 e. The summed E-state index contributed by atoms with van der Waals surface area (Å²) in [5.41, 5.74) is 4.23. The van der Waals surface area contributed by atoms with Crippen molar-refractivity contribution in [2.45, 2.75) is 67.7 Å². The van der Waals surface area contributed by atoms with Crippen molar-refractivity contribution in [1.29, 1.82) is 0 Å². The van der Waals surface area contributed by atoms with Gasteiger partial charge >= 0.3 is 0 Å². The summed E-state index contributed by atoms with van der Waals surface area (Å²) in [5.74, 6) is -0.864. The van der Waals surface area contributed by atoms with Crippen LogP contribution in [0.5, 0.6) is 0 Å². The molecule has 4 heteroatoms. The van der Waals surface area contributed by atoms with Crippen LogP contribution >= 0.6 is 0 Å². The van der Waals surface area contributed by atoms with E-state index in [-0.39, 0.29) is 0 Å². The molecule has 0 radical (unpaired) electrons. The first kappa shape index (κ1) is 30.4. The molecule has 0 spiro atoms. The minimum absolute atomic E-state index is 0.393. The molecule has 0 aliphatic rings. The third kappa shape index (κ3) is 13.2. The lowest BCUT2D eigenvalue weighted by Gasteiger charge is -2.05. The van der Waals surface area contributed by atoms with Crippen LogP contribution < -0.4 is 0 Å². The Bertz CT molecular complexity index is 1000. The molecule has 3 rings (SSSR count). The van der Waals surface area contributed by atoms with E-state index >= 15 is 0 Å². The highest BCUT2D eigenvalue weighted by Gasteiger charge is 2.05. The minimum Gasteiger partial charge on any atom is -0.207 e. The van der Waals surface area contributed by atoms with E-state index in [9.17, 15) is 17.6 Å². The molecule has 3 aromatic carbocycles. The lowest BCUT2D eigenvalue weighted by molar-refractivity contribution is 0.505. The van der Waals surface area contributed by atoms with E-state index in [4.69, 9.17) is 0 Å². The van der Waals surface area contributed by atoms with Crippen molar-refractivity contribution in [1.82, 2.24) is 0 Å². The molecule has 0 fully saturated rings. The fraction of sp³-hybridized carbons (Fsp3) is 0.419. The maximum atomic E-state index is 13.0. The molecular formula is C31H40F4. The number of halogens is 4. The van der Waals surface area contributed by atoms with E-state index in [0.717, 1.165) is 24.0 Å². The molecule has 192 valence electrons. The van der Waals surface area contributed by atoms with Crippen LogP contribution in [0.2, 0.25) is 0 Å². The first-order chi connectivity index (χ1) is 16.4. The van der Waals surface area contributed by atoms with Crippen LogP contribution in [0.4, 0.5) is 17.6 Å². The second-order valence-electron chi connectivity index (χ2n) is 10.3. The fourth-order valence-corrected chi connectivity index (χ4v) is 3.46. The number of hydrogen-bond acceptors (Lipinski definition) is 0. The zero-order valence-electron chi connectivity index (χ0n) is 22.1. The Morgan fingerprint density at radius 1 is 0.514 bits per heavy atom. The van der Waals surface area contributed by atoms with Crippen molar-refractivity contribution >= 4 is 0 Å². The molecule has 35 heavy (non-hydrogen) atoms. The van der Waals surface area contributed by atoms with Crippen molar-refractivity contribution in [2.24, 2.45) is 17.8 Å². The van der Waals surface area contributed by atoms with Gasteiger partial charge in [-0.15, -0.1) is 0 Å². The number of hydrogen-bond donors (Lipinski definition) is 0. The molecule has 0 saturated heterocycles. The zero-order chi connectivity index (χ0) is 26.5. The molecule has 0 aliphatic heterocycles. The van der Waals surface area contributed by atoms with Gasteiger partial charge in [0.1, 0.15) is 11.6 Å². The summed E-state index contributed by atoms with van der Waals surface area (Å²) < 4.78 is 50.5. The van der Waals surface area contributed by atoms with E-state index in [2.05, 4.69) is 45.0 Å². The molecular weight excluding hydrogens is 448 g/mol. The lowest BCUT2D eigenvalue weighted by atomic mass is 10.0. The zero-order valence-corrected chi connectivity index (χ0v) is 22.1. The second-order valence-corrected chi connectivity index (χ2v) is 10.3. The number of rotatable bonds is 6. The van der Waals surface area contributed by atoms with Gasteiger partial charge < -0.3 is 0 Å². The Balaban J connectivity index is 0.000000263. The van der Waals surface area contributed by atoms with Gasteiger partial charge in [0.05, 0.1) is 0 Å². The Hall–Kier alpha value is -2.62. The SMILES string of the molecule is CC(C)Cc1ccc(F)c(F)c1.CC(C)Cc1ccc(F)cc1F.Cc1ccc(CC(C)C)cc1. The van der Waals surface area contributed by atoms with Crippen LogP contribution in [0.1, 0.15) is 63.8 Å². The van der Waals surface area contributed by atoms with E-state index in [0.29, 0.717) is 23.8 Å². The van der Waals surface area contributed by atoms with Crippen molar-refractivity contribution in [3.05, 3.63) is 106 Å². The molecule has 0 N–H and O–H groups in total. The third-order valence-electron chi connectivity index (χ3n) is 5.04. The molecule has 0 heterocycles. The van der Waals surface area contributed by atoms with E-state index < -0.39 is 23.3 Å². The van der Waals surface area contributed by atoms with Gasteiger partial charge in [-0.1, -0.05) is 83.5 Å². The normalized spacial score (nSPS) is 10.7. The largest absolute Gasteiger partial charge is 0.207 e. The van der Waals surface area contributed by atoms with Crippen LogP contribution in [0.3, 0.4) is 0 Å². The highest BCUT2D eigenvalue weighted by molar-refractivity contribution is 5.21. The van der Waals surface area contributed by atoms with Crippen LogP contribution in [0.25, 0.3) is 0 Å². The van der Waals surface area contributed by atoms with Gasteiger partial charge in [-0.3, -0.25) is 0 Å². The van der Waals surface area contributed by atoms with Gasteiger partial charge in [0.25, 0.3) is 0 Å². The molecule has 0 bridgehead atoms. The molecule has 0 aliphatic carbocycles. The van der Waals surface area contributed by atoms with Crippen molar-refractivity contribution in [3.8, 4) is 0 Å². The molecule has 0 unspecified atom stereocenters. The van der Waals surface area contributed by atoms with Crippen LogP contribution in [0, 0.1) is 47.9 Å². The summed E-state index contributed by atoms with van der Waals surface area (Å²) in [6.07, 6.45) is 2.64. The maximum absolute atomic E-state index is 13.0. The number of benzene rings is 3. The third-order valence-corrected chi connectivity index (χ3v) is 5.04. The van der Waals surface area contributed by atoms with Crippen LogP contribution in [0.15, 0.2) is 60.7 Å². The Labute approximate surface area is 209 Å². The van der Waals surface area contributed by atoms with Gasteiger partial charge in [0, 0.05) is 6.07 Å². The van der Waals surface area contributed by atoms with Crippen molar-refractivity contribution in [3.63, 3.8) is 0 Å². The quantitative estimate of drug-likeness (QED) is 0.303. The second kappa shape index (κ2) is 15.4. The monoisotopic (exact) mass is 488 g/mol. The van der Waals surface area contributed by atoms with Gasteiger partial charge in [0.2, 0.25) is 0 Å². The molecule has 0 amide bonds. The lowest BCUT2D eigenvalue weighted by Crippen LogP contribution is -1.97. The smallest absolute Gasteiger partial charge is 0.159 e. The standard InChI is InChI=1S/C11H16.2C10H12F2/c1-9(2)8-11-6-4-10(3)5-7-11;1-7(2)5-8-3-4-9(11)6-10(8)12;1-7(2)5-8-3-4-9(11)10(12)6-8/h4-7,9H,8H2,1-3H3;2*3-4,6-7H,5H2,1-2H3. The average Bonchev–Trinajstić information content (AvgIpc) is 2.75. The minimum atomic E-state index is -0.775. The average molecular weight is 489 g/mol. The molecule has 0 nitrogen and oxygen atoms in total. The van der Waals surface area contributed by atoms with Crippen molar-refractivity contribution < 1.29 is 17.6 Å². The summed E-state index contributed by atoms with van der Waals surface area (Å²) in [6.45, 7) is 14.7. The van der Waals surface area contributed by atoms with Gasteiger partial charge in [-0.25, -0.2) is 17.6 Å². The topological polar surface area (TPSA) is 0 Å². The van der Waals surface area contributed by atoms with Gasteiger partial charge in [-0.05, 0) is 78.8 Å². The highest BCUT2D eigenvalue weighted by atomic mass is 19.2. The van der Waals surface area contributed by atoms with E-state index in [1.165, 1.54) is 41.8 Å². The predicted octanol–water partition coefficient (Wildman–Crippen LogP) is 9.52. The summed E-state index contributed by atoms with van der Waals surface area (Å²) in [7, 11) is 0. The van der Waals surface area contributed by atoms with E-state index in [1.807, 2.05) is 27.7 Å². The first-order valence-electron chi connectivity index (χ1n) is 12.3. The van der Waals surface area contributed by atoms with Gasteiger partial charge in [-0.2, -0.15) is 0 Å². The van der Waals surface area contributed by atoms with E-state index in [1.54, 1.807) is 6.07 Å².